The highest BCUT2D eigenvalue weighted by atomic mass is 35.5. The van der Waals surface area contributed by atoms with Crippen LogP contribution in [-0.4, -0.2) is 34.5 Å². The Morgan fingerprint density at radius 3 is 1.82 bits per heavy atom. The third-order valence-corrected chi connectivity index (χ3v) is 6.32. The number of hydrogen-bond donors (Lipinski definition) is 0. The molecule has 2 nitrogen and oxygen atoms in total. The highest BCUT2D eigenvalue weighted by molar-refractivity contribution is 6.13. The summed E-state index contributed by atoms with van der Waals surface area (Å²) in [5, 5.41) is 0. The SMILES string of the molecule is CC1C(C(c2ccccc2)c2ccccc2)N(Cc2ccccc2)CCN1Cl. The maximum Gasteiger partial charge on any atom is 0.0388 e. The van der Waals surface area contributed by atoms with Gasteiger partial charge in [0.15, 0.2) is 0 Å². The Balaban J connectivity index is 1.75. The molecule has 1 saturated heterocycles. The molecule has 1 aliphatic rings. The van der Waals surface area contributed by atoms with Crippen molar-refractivity contribution in [2.45, 2.75) is 31.5 Å². The van der Waals surface area contributed by atoms with E-state index in [1.807, 2.05) is 4.42 Å². The van der Waals surface area contributed by atoms with Crippen LogP contribution >= 0.6 is 11.8 Å². The van der Waals surface area contributed by atoms with Crippen molar-refractivity contribution in [3.05, 3.63) is 108 Å². The summed E-state index contributed by atoms with van der Waals surface area (Å²) in [5.74, 6) is 0.266. The minimum atomic E-state index is 0.240. The van der Waals surface area contributed by atoms with Crippen LogP contribution in [0.15, 0.2) is 91.0 Å². The first-order valence-corrected chi connectivity index (χ1v) is 10.4. The normalized spacial score (nSPS) is 21.1. The molecule has 2 unspecified atom stereocenters. The molecule has 28 heavy (non-hydrogen) atoms. The summed E-state index contributed by atoms with van der Waals surface area (Å²) in [7, 11) is 0. The molecule has 1 aliphatic heterocycles. The molecule has 0 saturated carbocycles. The largest absolute Gasteiger partial charge is 0.292 e. The molecule has 3 aromatic rings. The van der Waals surface area contributed by atoms with Gasteiger partial charge < -0.3 is 0 Å². The maximum absolute atomic E-state index is 6.66. The van der Waals surface area contributed by atoms with E-state index >= 15 is 0 Å². The molecule has 0 aromatic heterocycles. The Hall–Kier alpha value is -2.13. The average molecular weight is 391 g/mol. The fraction of sp³-hybridized carbons (Fsp3) is 0.280. The second-order valence-electron chi connectivity index (χ2n) is 7.61. The van der Waals surface area contributed by atoms with Gasteiger partial charge in [0.1, 0.15) is 0 Å². The summed E-state index contributed by atoms with van der Waals surface area (Å²) in [6, 6.07) is 33.0. The van der Waals surface area contributed by atoms with Crippen LogP contribution in [0.2, 0.25) is 0 Å². The first-order chi connectivity index (χ1) is 13.7. The molecular formula is C25H27ClN2. The first-order valence-electron chi connectivity index (χ1n) is 10.0. The predicted octanol–water partition coefficient (Wildman–Crippen LogP) is 5.55. The average Bonchev–Trinajstić information content (AvgIpc) is 2.75. The number of rotatable bonds is 5. The molecule has 144 valence electrons. The molecule has 3 aromatic carbocycles. The van der Waals surface area contributed by atoms with Crippen molar-refractivity contribution in [2.75, 3.05) is 13.1 Å². The molecule has 0 amide bonds. The monoisotopic (exact) mass is 390 g/mol. The third-order valence-electron chi connectivity index (χ3n) is 5.85. The molecule has 1 heterocycles. The summed E-state index contributed by atoms with van der Waals surface area (Å²) in [5.41, 5.74) is 4.04. The van der Waals surface area contributed by atoms with Crippen LogP contribution in [-0.2, 0) is 6.54 Å². The lowest BCUT2D eigenvalue weighted by Gasteiger charge is -2.47. The van der Waals surface area contributed by atoms with Gasteiger partial charge in [-0.25, -0.2) is 4.42 Å². The molecule has 0 aliphatic carbocycles. The van der Waals surface area contributed by atoms with E-state index in [1.165, 1.54) is 16.7 Å². The number of benzene rings is 3. The molecule has 2 atom stereocenters. The van der Waals surface area contributed by atoms with Gasteiger partial charge in [0.2, 0.25) is 0 Å². The van der Waals surface area contributed by atoms with Gasteiger partial charge in [-0.1, -0.05) is 91.0 Å². The highest BCUT2D eigenvalue weighted by Gasteiger charge is 2.39. The van der Waals surface area contributed by atoms with Crippen molar-refractivity contribution >= 4 is 11.8 Å². The van der Waals surface area contributed by atoms with Gasteiger partial charge in [-0.2, -0.15) is 0 Å². The summed E-state index contributed by atoms with van der Waals surface area (Å²) in [6.07, 6.45) is 0. The predicted molar refractivity (Wildman–Crippen MR) is 117 cm³/mol. The van der Waals surface area contributed by atoms with Crippen molar-refractivity contribution in [3.8, 4) is 0 Å². The zero-order valence-electron chi connectivity index (χ0n) is 16.3. The molecule has 0 N–H and O–H groups in total. The number of halogens is 1. The Bertz CT molecular complexity index is 814. The molecule has 0 spiro atoms. The Labute approximate surface area is 173 Å². The molecule has 4 rings (SSSR count). The Kier molecular flexibility index (Phi) is 6.11. The zero-order valence-corrected chi connectivity index (χ0v) is 17.0. The van der Waals surface area contributed by atoms with Crippen LogP contribution in [0.5, 0.6) is 0 Å². The molecule has 0 bridgehead atoms. The summed E-state index contributed by atoms with van der Waals surface area (Å²) < 4.78 is 1.99. The van der Waals surface area contributed by atoms with Gasteiger partial charge in [0, 0.05) is 37.6 Å². The smallest absolute Gasteiger partial charge is 0.0388 e. The molecule has 3 heteroatoms. The topological polar surface area (TPSA) is 6.48 Å². The Morgan fingerprint density at radius 2 is 1.29 bits per heavy atom. The van der Waals surface area contributed by atoms with E-state index in [-0.39, 0.29) is 18.0 Å². The van der Waals surface area contributed by atoms with Gasteiger partial charge in [0.25, 0.3) is 0 Å². The second kappa shape index (κ2) is 8.91. The van der Waals surface area contributed by atoms with Crippen LogP contribution < -0.4 is 0 Å². The minimum Gasteiger partial charge on any atom is -0.292 e. The minimum absolute atomic E-state index is 0.240. The van der Waals surface area contributed by atoms with E-state index in [0.717, 1.165) is 19.6 Å². The lowest BCUT2D eigenvalue weighted by Crippen LogP contribution is -2.57. The molecule has 1 fully saturated rings. The summed E-state index contributed by atoms with van der Waals surface area (Å²) in [6.45, 7) is 5.04. The van der Waals surface area contributed by atoms with E-state index in [0.29, 0.717) is 0 Å². The number of nitrogens with zero attached hydrogens (tertiary/aromatic N) is 2. The van der Waals surface area contributed by atoms with Crippen LogP contribution in [0.4, 0.5) is 0 Å². The van der Waals surface area contributed by atoms with E-state index < -0.39 is 0 Å². The van der Waals surface area contributed by atoms with Gasteiger partial charge in [0.05, 0.1) is 0 Å². The first kappa shape index (κ1) is 19.2. The molecule has 0 radical (unpaired) electrons. The van der Waals surface area contributed by atoms with Crippen LogP contribution in [0.1, 0.15) is 29.5 Å². The highest BCUT2D eigenvalue weighted by Crippen LogP contribution is 2.37. The van der Waals surface area contributed by atoms with E-state index in [1.54, 1.807) is 0 Å². The standard InChI is InChI=1S/C25H27ClN2/c1-20-25(27(17-18-28(20)26)19-21-11-5-2-6-12-21)24(22-13-7-3-8-14-22)23-15-9-4-10-16-23/h2-16,20,24-25H,17-19H2,1H3. The quantitative estimate of drug-likeness (QED) is 0.527. The molecular weight excluding hydrogens is 364 g/mol. The van der Waals surface area contributed by atoms with Crippen molar-refractivity contribution in [1.29, 1.82) is 0 Å². The van der Waals surface area contributed by atoms with Gasteiger partial charge in [-0.3, -0.25) is 4.90 Å². The zero-order chi connectivity index (χ0) is 19.3. The van der Waals surface area contributed by atoms with Gasteiger partial charge in [-0.15, -0.1) is 0 Å². The van der Waals surface area contributed by atoms with E-state index in [2.05, 4.69) is 103 Å². The summed E-state index contributed by atoms with van der Waals surface area (Å²) >= 11 is 6.66. The van der Waals surface area contributed by atoms with Crippen molar-refractivity contribution < 1.29 is 0 Å². The van der Waals surface area contributed by atoms with Gasteiger partial charge in [-0.05, 0) is 35.4 Å². The number of hydrogen-bond acceptors (Lipinski definition) is 2. The van der Waals surface area contributed by atoms with Gasteiger partial charge >= 0.3 is 0 Å². The number of piperazine rings is 1. The fourth-order valence-electron chi connectivity index (χ4n) is 4.45. The van der Waals surface area contributed by atoms with Crippen molar-refractivity contribution in [1.82, 2.24) is 9.32 Å². The lowest BCUT2D eigenvalue weighted by atomic mass is 9.80. The van der Waals surface area contributed by atoms with E-state index in [9.17, 15) is 0 Å². The Morgan fingerprint density at radius 1 is 0.786 bits per heavy atom. The third kappa shape index (κ3) is 4.15. The van der Waals surface area contributed by atoms with Crippen molar-refractivity contribution in [3.63, 3.8) is 0 Å². The van der Waals surface area contributed by atoms with Crippen LogP contribution in [0, 0.1) is 0 Å². The van der Waals surface area contributed by atoms with Crippen LogP contribution in [0.25, 0.3) is 0 Å². The van der Waals surface area contributed by atoms with E-state index in [4.69, 9.17) is 11.8 Å². The van der Waals surface area contributed by atoms with Crippen molar-refractivity contribution in [2.24, 2.45) is 0 Å². The van der Waals surface area contributed by atoms with Crippen LogP contribution in [0.3, 0.4) is 0 Å². The summed E-state index contributed by atoms with van der Waals surface area (Å²) in [4.78, 5) is 2.61. The lowest BCUT2D eigenvalue weighted by molar-refractivity contribution is 0.0591. The fourth-order valence-corrected chi connectivity index (χ4v) is 4.64. The second-order valence-corrected chi connectivity index (χ2v) is 8.04. The maximum atomic E-state index is 6.66.